The molecule has 2 N–H and O–H groups in total. The standard InChI is InChI=1S/C26H28ClN3O2/c1-18-8-3-4-9-19(18)17-32-25-15-21(27)20(14-24(25)31-2)16-28-13-7-12-26-29-22-10-5-6-11-23(22)30-26/h3-6,8-11,14-15,28H,7,12-13,16-17H2,1-2H3,(H,29,30). The fourth-order valence-corrected chi connectivity index (χ4v) is 3.86. The molecule has 0 aliphatic heterocycles. The highest BCUT2D eigenvalue weighted by Crippen LogP contribution is 2.34. The number of benzene rings is 3. The van der Waals surface area contributed by atoms with Gasteiger partial charge in [0.15, 0.2) is 11.5 Å². The Morgan fingerprint density at radius 3 is 2.62 bits per heavy atom. The van der Waals surface area contributed by atoms with Gasteiger partial charge in [0.2, 0.25) is 0 Å². The van der Waals surface area contributed by atoms with Crippen molar-refractivity contribution in [2.24, 2.45) is 0 Å². The molecule has 0 saturated carbocycles. The summed E-state index contributed by atoms with van der Waals surface area (Å²) in [4.78, 5) is 8.00. The number of imidazole rings is 1. The lowest BCUT2D eigenvalue weighted by Crippen LogP contribution is -2.16. The second kappa shape index (κ2) is 10.5. The number of hydrogen-bond acceptors (Lipinski definition) is 4. The zero-order chi connectivity index (χ0) is 22.3. The summed E-state index contributed by atoms with van der Waals surface area (Å²) in [6, 6.07) is 20.1. The van der Waals surface area contributed by atoms with Crippen LogP contribution in [0.3, 0.4) is 0 Å². The minimum Gasteiger partial charge on any atom is -0.493 e. The second-order valence-corrected chi connectivity index (χ2v) is 8.20. The van der Waals surface area contributed by atoms with Crippen molar-refractivity contribution in [2.45, 2.75) is 32.9 Å². The average molecular weight is 450 g/mol. The number of nitrogens with one attached hydrogen (secondary N) is 2. The minimum absolute atomic E-state index is 0.471. The number of aromatic nitrogens is 2. The SMILES string of the molecule is COc1cc(CNCCCc2nc3ccccc3[nH]2)c(Cl)cc1OCc1ccccc1C. The van der Waals surface area contributed by atoms with Crippen LogP contribution in [-0.2, 0) is 19.6 Å². The minimum atomic E-state index is 0.471. The van der Waals surface area contributed by atoms with Crippen LogP contribution in [0.5, 0.6) is 11.5 Å². The van der Waals surface area contributed by atoms with Crippen LogP contribution in [-0.4, -0.2) is 23.6 Å². The number of halogens is 1. The van der Waals surface area contributed by atoms with Crippen LogP contribution in [0.4, 0.5) is 0 Å². The third-order valence-electron chi connectivity index (χ3n) is 5.50. The zero-order valence-corrected chi connectivity index (χ0v) is 19.2. The van der Waals surface area contributed by atoms with Gasteiger partial charge >= 0.3 is 0 Å². The Kier molecular flexibility index (Phi) is 7.30. The van der Waals surface area contributed by atoms with Crippen molar-refractivity contribution in [3.05, 3.63) is 88.2 Å². The van der Waals surface area contributed by atoms with E-state index >= 15 is 0 Å². The van der Waals surface area contributed by atoms with E-state index in [9.17, 15) is 0 Å². The van der Waals surface area contributed by atoms with Gasteiger partial charge in [0.05, 0.1) is 18.1 Å². The first-order valence-corrected chi connectivity index (χ1v) is 11.2. The summed E-state index contributed by atoms with van der Waals surface area (Å²) in [7, 11) is 1.65. The van der Waals surface area contributed by atoms with Crippen molar-refractivity contribution in [2.75, 3.05) is 13.7 Å². The predicted molar refractivity (Wildman–Crippen MR) is 130 cm³/mol. The first-order valence-electron chi connectivity index (χ1n) is 10.8. The van der Waals surface area contributed by atoms with Gasteiger partial charge in [-0.1, -0.05) is 48.0 Å². The van der Waals surface area contributed by atoms with Gasteiger partial charge in [0.1, 0.15) is 12.4 Å². The number of aromatic amines is 1. The van der Waals surface area contributed by atoms with Crippen LogP contribution in [0, 0.1) is 6.92 Å². The molecule has 0 bridgehead atoms. The molecule has 3 aromatic carbocycles. The molecule has 4 aromatic rings. The highest BCUT2D eigenvalue weighted by Gasteiger charge is 2.11. The lowest BCUT2D eigenvalue weighted by atomic mass is 10.1. The average Bonchev–Trinajstić information content (AvgIpc) is 3.22. The molecule has 0 saturated heterocycles. The molecule has 166 valence electrons. The van der Waals surface area contributed by atoms with Gasteiger partial charge in [-0.05, 0) is 54.8 Å². The van der Waals surface area contributed by atoms with E-state index < -0.39 is 0 Å². The first-order chi connectivity index (χ1) is 15.6. The number of ether oxygens (including phenoxy) is 2. The van der Waals surface area contributed by atoms with E-state index in [0.717, 1.165) is 47.4 Å². The van der Waals surface area contributed by atoms with Crippen molar-refractivity contribution in [3.8, 4) is 11.5 Å². The Balaban J connectivity index is 1.30. The van der Waals surface area contributed by atoms with Crippen molar-refractivity contribution in [1.29, 1.82) is 0 Å². The van der Waals surface area contributed by atoms with Gasteiger partial charge in [-0.15, -0.1) is 0 Å². The van der Waals surface area contributed by atoms with E-state index in [2.05, 4.69) is 34.3 Å². The summed E-state index contributed by atoms with van der Waals surface area (Å²) < 4.78 is 11.6. The molecule has 0 aliphatic carbocycles. The van der Waals surface area contributed by atoms with E-state index in [1.807, 2.05) is 48.5 Å². The van der Waals surface area contributed by atoms with Crippen molar-refractivity contribution >= 4 is 22.6 Å². The maximum absolute atomic E-state index is 6.53. The Bertz CT molecular complexity index is 1160. The molecule has 1 heterocycles. The van der Waals surface area contributed by atoms with Crippen molar-refractivity contribution in [3.63, 3.8) is 0 Å². The number of methoxy groups -OCH3 is 1. The number of para-hydroxylation sites is 2. The van der Waals surface area contributed by atoms with Crippen LogP contribution in [0.2, 0.25) is 5.02 Å². The van der Waals surface area contributed by atoms with Crippen LogP contribution >= 0.6 is 11.6 Å². The van der Waals surface area contributed by atoms with Crippen LogP contribution in [0.1, 0.15) is 28.9 Å². The second-order valence-electron chi connectivity index (χ2n) is 7.79. The molecule has 0 unspecified atom stereocenters. The lowest BCUT2D eigenvalue weighted by molar-refractivity contribution is 0.283. The van der Waals surface area contributed by atoms with Gasteiger partial charge in [-0.3, -0.25) is 0 Å². The molecule has 0 fully saturated rings. The molecule has 6 heteroatoms. The number of H-pyrrole nitrogens is 1. The van der Waals surface area contributed by atoms with Gasteiger partial charge in [0.25, 0.3) is 0 Å². The Labute approximate surface area is 193 Å². The third-order valence-corrected chi connectivity index (χ3v) is 5.85. The molecule has 0 radical (unpaired) electrons. The topological polar surface area (TPSA) is 59.2 Å². The van der Waals surface area contributed by atoms with Gasteiger partial charge < -0.3 is 19.8 Å². The van der Waals surface area contributed by atoms with Crippen LogP contribution in [0.25, 0.3) is 11.0 Å². The Hall–Kier alpha value is -3.02. The summed E-state index contributed by atoms with van der Waals surface area (Å²) in [5.74, 6) is 2.35. The Morgan fingerprint density at radius 2 is 1.81 bits per heavy atom. The summed E-state index contributed by atoms with van der Waals surface area (Å²) in [5.41, 5.74) is 5.41. The summed E-state index contributed by atoms with van der Waals surface area (Å²) in [5, 5.41) is 4.12. The number of hydrogen-bond donors (Lipinski definition) is 2. The molecule has 1 aromatic heterocycles. The fourth-order valence-electron chi connectivity index (χ4n) is 3.64. The van der Waals surface area contributed by atoms with E-state index in [1.54, 1.807) is 7.11 Å². The third kappa shape index (κ3) is 5.42. The van der Waals surface area contributed by atoms with E-state index in [0.29, 0.717) is 29.7 Å². The number of aryl methyl sites for hydroxylation is 2. The molecule has 0 spiro atoms. The fraction of sp³-hybridized carbons (Fsp3) is 0.269. The molecule has 32 heavy (non-hydrogen) atoms. The summed E-state index contributed by atoms with van der Waals surface area (Å²) >= 11 is 6.53. The highest BCUT2D eigenvalue weighted by atomic mass is 35.5. The van der Waals surface area contributed by atoms with Crippen molar-refractivity contribution < 1.29 is 9.47 Å². The van der Waals surface area contributed by atoms with Gasteiger partial charge in [0, 0.05) is 24.1 Å². The molecule has 4 rings (SSSR count). The number of nitrogens with zero attached hydrogens (tertiary/aromatic N) is 1. The zero-order valence-electron chi connectivity index (χ0n) is 18.5. The van der Waals surface area contributed by atoms with E-state index in [-0.39, 0.29) is 0 Å². The quantitative estimate of drug-likeness (QED) is 0.299. The maximum atomic E-state index is 6.53. The molecule has 5 nitrogen and oxygen atoms in total. The monoisotopic (exact) mass is 449 g/mol. The predicted octanol–water partition coefficient (Wildman–Crippen LogP) is 5.83. The molecule has 0 aliphatic rings. The largest absolute Gasteiger partial charge is 0.493 e. The molecular weight excluding hydrogens is 422 g/mol. The maximum Gasteiger partial charge on any atom is 0.163 e. The Morgan fingerprint density at radius 1 is 1.00 bits per heavy atom. The highest BCUT2D eigenvalue weighted by molar-refractivity contribution is 6.31. The van der Waals surface area contributed by atoms with Crippen molar-refractivity contribution in [1.82, 2.24) is 15.3 Å². The number of rotatable bonds is 10. The molecule has 0 atom stereocenters. The molecular formula is C26H28ClN3O2. The van der Waals surface area contributed by atoms with E-state index in [1.165, 1.54) is 5.56 Å². The van der Waals surface area contributed by atoms with Gasteiger partial charge in [-0.25, -0.2) is 4.98 Å². The number of fused-ring (bicyclic) bond motifs is 1. The summed E-state index contributed by atoms with van der Waals surface area (Å²) in [6.07, 6.45) is 1.87. The van der Waals surface area contributed by atoms with Gasteiger partial charge in [-0.2, -0.15) is 0 Å². The molecule has 0 amide bonds. The summed E-state index contributed by atoms with van der Waals surface area (Å²) in [6.45, 7) is 4.07. The van der Waals surface area contributed by atoms with Crippen LogP contribution in [0.15, 0.2) is 60.7 Å². The first kappa shape index (κ1) is 22.2. The van der Waals surface area contributed by atoms with E-state index in [4.69, 9.17) is 21.1 Å². The smallest absolute Gasteiger partial charge is 0.163 e. The lowest BCUT2D eigenvalue weighted by Gasteiger charge is -2.15. The normalized spacial score (nSPS) is 11.1. The van der Waals surface area contributed by atoms with Crippen LogP contribution < -0.4 is 14.8 Å².